The minimum absolute atomic E-state index is 0.180. The van der Waals surface area contributed by atoms with Gasteiger partial charge in [-0.25, -0.2) is 0 Å². The lowest BCUT2D eigenvalue weighted by atomic mass is 10.2. The molecule has 0 aliphatic rings. The molecule has 2 amide bonds. The smallest absolute Gasteiger partial charge is 0.252 e. The van der Waals surface area contributed by atoms with Gasteiger partial charge in [0.05, 0.1) is 17.4 Å². The highest BCUT2D eigenvalue weighted by Gasteiger charge is 2.09. The lowest BCUT2D eigenvalue weighted by molar-refractivity contribution is -0.116. The normalized spacial score (nSPS) is 10.0. The van der Waals surface area contributed by atoms with E-state index in [0.29, 0.717) is 17.8 Å². The molecule has 0 spiro atoms. The highest BCUT2D eigenvalue weighted by molar-refractivity contribution is 5.94. The van der Waals surface area contributed by atoms with E-state index in [4.69, 9.17) is 0 Å². The summed E-state index contributed by atoms with van der Waals surface area (Å²) in [5.74, 6) is -0.660. The Morgan fingerprint density at radius 1 is 1.27 bits per heavy atom. The van der Waals surface area contributed by atoms with Gasteiger partial charge in [0, 0.05) is 25.0 Å². The van der Waals surface area contributed by atoms with Gasteiger partial charge in [-0.15, -0.1) is 0 Å². The summed E-state index contributed by atoms with van der Waals surface area (Å²) in [6, 6.07) is 6.08. The standard InChI is InChI=1S/C15H16N4O3/c1-2-17-15(22)11-5-6-14(21)19(9-11)10-13(20)18-12-4-3-7-16-8-12/h3-9H,2,10H2,1H3,(H,17,22)(H,18,20). The molecule has 0 unspecified atom stereocenters. The largest absolute Gasteiger partial charge is 0.352 e. The van der Waals surface area contributed by atoms with Gasteiger partial charge in [-0.3, -0.25) is 19.4 Å². The van der Waals surface area contributed by atoms with Crippen molar-refractivity contribution in [3.63, 3.8) is 0 Å². The lowest BCUT2D eigenvalue weighted by Crippen LogP contribution is -2.29. The number of pyridine rings is 2. The molecule has 2 N–H and O–H groups in total. The third kappa shape index (κ3) is 4.02. The number of carbonyl (C=O) groups excluding carboxylic acids is 2. The second kappa shape index (κ2) is 7.16. The number of nitrogens with one attached hydrogen (secondary N) is 2. The average molecular weight is 300 g/mol. The summed E-state index contributed by atoms with van der Waals surface area (Å²) >= 11 is 0. The van der Waals surface area contributed by atoms with Gasteiger partial charge in [0.1, 0.15) is 6.54 Å². The van der Waals surface area contributed by atoms with E-state index >= 15 is 0 Å². The Hall–Kier alpha value is -2.96. The first kappa shape index (κ1) is 15.4. The monoisotopic (exact) mass is 300 g/mol. The van der Waals surface area contributed by atoms with Gasteiger partial charge in [0.2, 0.25) is 5.91 Å². The maximum absolute atomic E-state index is 11.9. The molecule has 7 heteroatoms. The van der Waals surface area contributed by atoms with Gasteiger partial charge >= 0.3 is 0 Å². The van der Waals surface area contributed by atoms with Crippen LogP contribution in [0.4, 0.5) is 5.69 Å². The van der Waals surface area contributed by atoms with Crippen molar-refractivity contribution in [2.24, 2.45) is 0 Å². The second-order valence-corrected chi connectivity index (χ2v) is 4.53. The lowest BCUT2D eigenvalue weighted by Gasteiger charge is -2.09. The first-order valence-electron chi connectivity index (χ1n) is 6.78. The predicted octanol–water partition coefficient (Wildman–Crippen LogP) is 0.632. The van der Waals surface area contributed by atoms with E-state index < -0.39 is 0 Å². The average Bonchev–Trinajstić information content (AvgIpc) is 2.50. The summed E-state index contributed by atoms with van der Waals surface area (Å²) in [6.07, 6.45) is 4.47. The van der Waals surface area contributed by atoms with Crippen LogP contribution in [0.3, 0.4) is 0 Å². The molecule has 7 nitrogen and oxygen atoms in total. The minimum atomic E-state index is -0.372. The second-order valence-electron chi connectivity index (χ2n) is 4.53. The van der Waals surface area contributed by atoms with Gasteiger partial charge < -0.3 is 15.2 Å². The van der Waals surface area contributed by atoms with Crippen molar-refractivity contribution in [3.8, 4) is 0 Å². The zero-order chi connectivity index (χ0) is 15.9. The van der Waals surface area contributed by atoms with Crippen LogP contribution in [-0.4, -0.2) is 27.9 Å². The van der Waals surface area contributed by atoms with Crippen molar-refractivity contribution in [1.29, 1.82) is 0 Å². The summed E-state index contributed by atoms with van der Waals surface area (Å²) < 4.78 is 1.19. The Morgan fingerprint density at radius 2 is 2.09 bits per heavy atom. The molecule has 0 bridgehead atoms. The molecule has 0 saturated carbocycles. The molecular formula is C15H16N4O3. The molecule has 2 heterocycles. The summed E-state index contributed by atoms with van der Waals surface area (Å²) in [5.41, 5.74) is 0.519. The van der Waals surface area contributed by atoms with E-state index in [1.165, 1.54) is 29.1 Å². The van der Waals surface area contributed by atoms with Crippen LogP contribution in [0.5, 0.6) is 0 Å². The molecular weight excluding hydrogens is 284 g/mol. The van der Waals surface area contributed by atoms with Crippen LogP contribution in [0.15, 0.2) is 47.7 Å². The summed E-state index contributed by atoms with van der Waals surface area (Å²) in [7, 11) is 0. The molecule has 0 aromatic carbocycles. The third-order valence-corrected chi connectivity index (χ3v) is 2.84. The van der Waals surface area contributed by atoms with E-state index in [0.717, 1.165) is 0 Å². The van der Waals surface area contributed by atoms with Gasteiger partial charge in [-0.05, 0) is 25.1 Å². The van der Waals surface area contributed by atoms with Crippen molar-refractivity contribution < 1.29 is 9.59 Å². The number of aromatic nitrogens is 2. The molecule has 2 aromatic heterocycles. The van der Waals surface area contributed by atoms with E-state index in [1.807, 2.05) is 0 Å². The van der Waals surface area contributed by atoms with Crippen LogP contribution >= 0.6 is 0 Å². The fraction of sp³-hybridized carbons (Fsp3) is 0.200. The van der Waals surface area contributed by atoms with E-state index in [9.17, 15) is 14.4 Å². The topological polar surface area (TPSA) is 93.1 Å². The Morgan fingerprint density at radius 3 is 2.77 bits per heavy atom. The quantitative estimate of drug-likeness (QED) is 0.847. The van der Waals surface area contributed by atoms with Gasteiger partial charge in [-0.1, -0.05) is 0 Å². The van der Waals surface area contributed by atoms with Crippen LogP contribution in [0.1, 0.15) is 17.3 Å². The van der Waals surface area contributed by atoms with Crippen LogP contribution in [0.25, 0.3) is 0 Å². The number of amides is 2. The number of hydrogen-bond donors (Lipinski definition) is 2. The Bertz CT molecular complexity index is 725. The van der Waals surface area contributed by atoms with Gasteiger partial charge in [0.15, 0.2) is 0 Å². The number of anilines is 1. The first-order valence-corrected chi connectivity index (χ1v) is 6.78. The van der Waals surface area contributed by atoms with Gasteiger partial charge in [0.25, 0.3) is 11.5 Å². The van der Waals surface area contributed by atoms with Gasteiger partial charge in [-0.2, -0.15) is 0 Å². The fourth-order valence-electron chi connectivity index (χ4n) is 1.84. The fourth-order valence-corrected chi connectivity index (χ4v) is 1.84. The summed E-state index contributed by atoms with van der Waals surface area (Å²) in [6.45, 7) is 2.11. The van der Waals surface area contributed by atoms with Crippen LogP contribution in [0, 0.1) is 0 Å². The summed E-state index contributed by atoms with van der Waals surface area (Å²) in [5, 5.41) is 5.27. The molecule has 0 saturated heterocycles. The zero-order valence-corrected chi connectivity index (χ0v) is 12.1. The number of nitrogens with zero attached hydrogens (tertiary/aromatic N) is 2. The SMILES string of the molecule is CCNC(=O)c1ccc(=O)n(CC(=O)Nc2cccnc2)c1. The maximum atomic E-state index is 11.9. The van der Waals surface area contributed by atoms with Crippen molar-refractivity contribution in [2.75, 3.05) is 11.9 Å². The van der Waals surface area contributed by atoms with E-state index in [-0.39, 0.29) is 23.9 Å². The highest BCUT2D eigenvalue weighted by Crippen LogP contribution is 2.03. The summed E-state index contributed by atoms with van der Waals surface area (Å²) in [4.78, 5) is 39.4. The molecule has 0 aliphatic heterocycles. The van der Waals surface area contributed by atoms with Crippen molar-refractivity contribution in [1.82, 2.24) is 14.9 Å². The minimum Gasteiger partial charge on any atom is -0.352 e. The molecule has 114 valence electrons. The Balaban J connectivity index is 2.11. The van der Waals surface area contributed by atoms with E-state index in [1.54, 1.807) is 25.3 Å². The predicted molar refractivity (Wildman–Crippen MR) is 81.6 cm³/mol. The molecule has 2 aromatic rings. The van der Waals surface area contributed by atoms with Crippen LogP contribution in [-0.2, 0) is 11.3 Å². The molecule has 22 heavy (non-hydrogen) atoms. The highest BCUT2D eigenvalue weighted by atomic mass is 16.2. The number of rotatable bonds is 5. The van der Waals surface area contributed by atoms with Crippen molar-refractivity contribution in [2.45, 2.75) is 13.5 Å². The molecule has 0 aliphatic carbocycles. The maximum Gasteiger partial charge on any atom is 0.252 e. The molecule has 0 fully saturated rings. The third-order valence-electron chi connectivity index (χ3n) is 2.84. The molecule has 0 atom stereocenters. The molecule has 0 radical (unpaired) electrons. The Labute approximate surface area is 127 Å². The number of hydrogen-bond acceptors (Lipinski definition) is 4. The molecule has 2 rings (SSSR count). The van der Waals surface area contributed by atoms with Crippen molar-refractivity contribution >= 4 is 17.5 Å². The Kier molecular flexibility index (Phi) is 5.02. The van der Waals surface area contributed by atoms with Crippen LogP contribution < -0.4 is 16.2 Å². The zero-order valence-electron chi connectivity index (χ0n) is 12.1. The van der Waals surface area contributed by atoms with E-state index in [2.05, 4.69) is 15.6 Å². The van der Waals surface area contributed by atoms with Crippen LogP contribution in [0.2, 0.25) is 0 Å². The van der Waals surface area contributed by atoms with Crippen molar-refractivity contribution in [3.05, 3.63) is 58.8 Å². The number of carbonyl (C=O) groups is 2. The first-order chi connectivity index (χ1) is 10.6.